The number of pyridine rings is 6. The Labute approximate surface area is 588 Å². The number of aliphatic hydroxyl groups is 3. The smallest absolute Gasteiger partial charge is 0.270 e. The molecular formula is C68H77Cl2F3IN9O12SSi. The van der Waals surface area contributed by atoms with Crippen LogP contribution in [0.4, 0.5) is 13.2 Å². The minimum Gasteiger partial charge on any atom is -0.481 e. The van der Waals surface area contributed by atoms with E-state index in [-0.39, 0.29) is 84.8 Å². The van der Waals surface area contributed by atoms with Crippen molar-refractivity contribution in [2.24, 2.45) is 0 Å². The van der Waals surface area contributed by atoms with Crippen LogP contribution >= 0.6 is 58.5 Å². The van der Waals surface area contributed by atoms with E-state index in [9.17, 15) is 52.5 Å². The number of para-hydroxylation sites is 3. The van der Waals surface area contributed by atoms with Crippen LogP contribution < -0.4 is 31.8 Å². The van der Waals surface area contributed by atoms with E-state index in [1.54, 1.807) is 98.5 Å². The van der Waals surface area contributed by atoms with E-state index in [1.165, 1.54) is 30.3 Å². The fourth-order valence-electron chi connectivity index (χ4n) is 10.4. The first-order valence-corrected chi connectivity index (χ1v) is 38.3. The number of rotatable bonds is 13. The second-order valence-corrected chi connectivity index (χ2v) is 38.1. The van der Waals surface area contributed by atoms with Crippen molar-refractivity contribution in [1.29, 1.82) is 0 Å². The average molecular weight is 1530 g/mol. The number of benzene rings is 3. The fourth-order valence-corrected chi connectivity index (χ4v) is 10.4. The summed E-state index contributed by atoms with van der Waals surface area (Å²) in [6, 6.07) is 27.4. The molecule has 9 aromatic rings. The molecule has 97 heavy (non-hydrogen) atoms. The Hall–Kier alpha value is -7.42. The molecule has 6 aromatic heterocycles. The number of hydrogen-bond acceptors (Lipinski definition) is 16. The van der Waals surface area contributed by atoms with Crippen molar-refractivity contribution in [1.82, 2.24) is 45.9 Å². The number of amides is 3. The van der Waals surface area contributed by atoms with Crippen LogP contribution in [0, 0.1) is 17.5 Å². The summed E-state index contributed by atoms with van der Waals surface area (Å²) in [5.41, 5.74) is 4.19. The number of nitrogens with one attached hydrogen (secondary N) is 5. The molecule has 518 valence electrons. The number of fused-ring (bicyclic) bond motifs is 3. The summed E-state index contributed by atoms with van der Waals surface area (Å²) in [6.07, 6.45) is 5.16. The zero-order chi connectivity index (χ0) is 69.1. The molecule has 0 bridgehead atoms. The van der Waals surface area contributed by atoms with E-state index in [4.69, 9.17) is 42.1 Å². The first-order valence-electron chi connectivity index (χ1n) is 30.6. The predicted octanol–water partition coefficient (Wildman–Crippen LogP) is 9.35. The van der Waals surface area contributed by atoms with E-state index in [2.05, 4.69) is 87.3 Å². The SMILES string of the molecule is COc1ccc(Cc2cc(C(=O)N[C@H]3CCOC[C@@H]3O)nc3c(F)cccc23)cn1.C[Si](C)(C)I.ClCCl.O=C(N[C@H]1CCOC[C@@H]1O)c1cc(Cc2ccc(=O)[nH]c2)c2cccc(F)c2n1.O=C(N[C@H]1CCOC[C@@H]1O)c1cc(Cc2ccc(=O)[nH]c2)c2cccc(F)c2n1.S.[3HH]. The molecule has 6 atom stereocenters. The van der Waals surface area contributed by atoms with Gasteiger partial charge in [0.15, 0.2) is 0 Å². The zero-order valence-electron chi connectivity index (χ0n) is 53.4. The molecule has 3 aliphatic heterocycles. The number of H-pyrrole nitrogens is 2. The lowest BCUT2D eigenvalue weighted by atomic mass is 10.00. The minimum absolute atomic E-state index is 0. The number of alkyl halides is 2. The number of hydrogen-bond donors (Lipinski definition) is 8. The second kappa shape index (κ2) is 37.0. The highest BCUT2D eigenvalue weighted by atomic mass is 127. The lowest BCUT2D eigenvalue weighted by Crippen LogP contribution is -2.48. The third-order valence-electron chi connectivity index (χ3n) is 15.1. The molecule has 3 fully saturated rings. The number of nitrogens with zero attached hydrogens (tertiary/aromatic N) is 4. The van der Waals surface area contributed by atoms with Crippen molar-refractivity contribution in [3.8, 4) is 5.88 Å². The Bertz CT molecular complexity index is 4070. The molecule has 29 heteroatoms. The van der Waals surface area contributed by atoms with Gasteiger partial charge in [0.2, 0.25) is 17.0 Å². The minimum atomic E-state index is -0.800. The molecule has 0 saturated carbocycles. The van der Waals surface area contributed by atoms with Crippen LogP contribution in [0.3, 0.4) is 0 Å². The number of aromatic amines is 2. The molecule has 8 N–H and O–H groups in total. The van der Waals surface area contributed by atoms with Crippen LogP contribution in [0.2, 0.25) is 19.6 Å². The Morgan fingerprint density at radius 1 is 0.577 bits per heavy atom. The number of ether oxygens (including phenoxy) is 4. The fraction of sp³-hybridized carbons (Fsp3) is 0.338. The number of methoxy groups -OCH3 is 1. The van der Waals surface area contributed by atoms with E-state index < -0.39 is 77.2 Å². The van der Waals surface area contributed by atoms with Crippen LogP contribution in [-0.2, 0) is 33.5 Å². The van der Waals surface area contributed by atoms with Gasteiger partial charge in [-0.05, 0) is 108 Å². The van der Waals surface area contributed by atoms with Gasteiger partial charge in [-0.3, -0.25) is 24.0 Å². The van der Waals surface area contributed by atoms with Gasteiger partial charge in [-0.15, -0.1) is 45.0 Å². The first-order chi connectivity index (χ1) is 46.0. The highest BCUT2D eigenvalue weighted by Gasteiger charge is 2.30. The Morgan fingerprint density at radius 3 is 1.18 bits per heavy atom. The summed E-state index contributed by atoms with van der Waals surface area (Å²) in [4.78, 5) is 83.1. The lowest BCUT2D eigenvalue weighted by molar-refractivity contribution is -0.0261. The number of carbonyl (C=O) groups excluding carboxylic acids is 3. The molecule has 3 aromatic carbocycles. The van der Waals surface area contributed by atoms with Gasteiger partial charge in [0.1, 0.15) is 56.7 Å². The summed E-state index contributed by atoms with van der Waals surface area (Å²) in [5, 5.41) is 40.4. The number of aliphatic hydroxyl groups excluding tert-OH is 3. The number of halogens is 6. The van der Waals surface area contributed by atoms with Crippen molar-refractivity contribution in [3.05, 3.63) is 216 Å². The third-order valence-corrected chi connectivity index (χ3v) is 15.1. The maximum absolute atomic E-state index is 14.5. The Morgan fingerprint density at radius 2 is 0.897 bits per heavy atom. The quantitative estimate of drug-likeness (QED) is 0.0231. The molecular weight excluding hydrogens is 1450 g/mol. The van der Waals surface area contributed by atoms with Gasteiger partial charge in [0, 0.05) is 74.2 Å². The molecule has 3 amide bonds. The van der Waals surface area contributed by atoms with Gasteiger partial charge in [-0.2, -0.15) is 13.5 Å². The molecule has 0 unspecified atom stereocenters. The van der Waals surface area contributed by atoms with Crippen LogP contribution in [0.1, 0.15) is 85.5 Å². The van der Waals surface area contributed by atoms with Crippen molar-refractivity contribution in [3.63, 3.8) is 0 Å². The molecule has 0 aliphatic carbocycles. The van der Waals surface area contributed by atoms with E-state index in [0.29, 0.717) is 91.5 Å². The Balaban J connectivity index is 0.000000217. The van der Waals surface area contributed by atoms with Crippen LogP contribution in [0.25, 0.3) is 32.7 Å². The molecule has 21 nitrogen and oxygen atoms in total. The predicted molar refractivity (Wildman–Crippen MR) is 383 cm³/mol. The molecule has 0 spiro atoms. The summed E-state index contributed by atoms with van der Waals surface area (Å²) in [7, 11) is 1.54. The first kappa shape index (κ1) is 76.9. The molecule has 12 rings (SSSR count). The Kier molecular flexibility index (Phi) is 29.3. The van der Waals surface area contributed by atoms with Crippen LogP contribution in [-0.4, -0.2) is 157 Å². The summed E-state index contributed by atoms with van der Waals surface area (Å²) >= 11 is 12.0. The van der Waals surface area contributed by atoms with Crippen LogP contribution in [0.5, 0.6) is 5.88 Å². The van der Waals surface area contributed by atoms with E-state index in [0.717, 1.165) is 22.3 Å². The van der Waals surface area contributed by atoms with Crippen molar-refractivity contribution >= 4 is 114 Å². The third kappa shape index (κ3) is 22.6. The standard InChI is InChI=1S/C22H22FN3O4.2C21H20FN3O4.C3H9ISi.CH2Cl2.H2S.H2/c1-29-20-6-5-13(11-24-20)9-14-10-18(25-21-15(14)3-2-4-16(21)23)22(28)26-17-7-8-30-12-19(17)27;2*22-15-3-1-2-14-13(8-12-4-5-19(27)23-10-12)9-17(24-20(14)15)21(28)25-16-6-7-29-11-18(16)26;1-5(2,3)4;2-1-3;;/h2-6,10-11,17,19,27H,7-9,12H2,1H3,(H,26,28);2*1-5,9-10,16,18,26H,6-8,11H2,(H,23,27)(H,25,28);1-3H3;1H2;1H2;1H/t17-,19-;2*16-,18-;;;;/m000..../s1/i;;;;;;1+2. The monoisotopic (exact) mass is 1530 g/mol. The van der Waals surface area contributed by atoms with Gasteiger partial charge >= 0.3 is 0 Å². The van der Waals surface area contributed by atoms with E-state index >= 15 is 0 Å². The van der Waals surface area contributed by atoms with Gasteiger partial charge in [-0.25, -0.2) is 33.1 Å². The topological polar surface area (TPSA) is 302 Å². The molecule has 3 aliphatic rings. The molecule has 9 heterocycles. The van der Waals surface area contributed by atoms with Crippen LogP contribution in [0.15, 0.2) is 137 Å². The second-order valence-electron chi connectivity index (χ2n) is 23.5. The van der Waals surface area contributed by atoms with Gasteiger partial charge in [0.25, 0.3) is 17.7 Å². The number of aromatic nitrogens is 6. The van der Waals surface area contributed by atoms with Gasteiger partial charge in [0.05, 0.1) is 68.7 Å². The van der Waals surface area contributed by atoms with Gasteiger partial charge < -0.3 is 60.2 Å². The van der Waals surface area contributed by atoms with Gasteiger partial charge in [-0.1, -0.05) is 74.2 Å². The largest absolute Gasteiger partial charge is 0.481 e. The number of carbonyl (C=O) groups is 3. The zero-order valence-corrected chi connectivity index (χ0v) is 59.0. The van der Waals surface area contributed by atoms with Crippen molar-refractivity contribution in [2.45, 2.75) is 94.6 Å². The maximum Gasteiger partial charge on any atom is 0.270 e. The molecule has 0 radical (unpaired) electrons. The van der Waals surface area contributed by atoms with Crippen molar-refractivity contribution < 1.29 is 63.2 Å². The lowest BCUT2D eigenvalue weighted by Gasteiger charge is -2.28. The normalized spacial score (nSPS) is 18.2. The molecule has 3 saturated heterocycles. The summed E-state index contributed by atoms with van der Waals surface area (Å²) in [5.74, 6) is -2.47. The van der Waals surface area contributed by atoms with E-state index in [1.807, 2.05) is 6.07 Å². The maximum atomic E-state index is 14.5. The summed E-state index contributed by atoms with van der Waals surface area (Å²) in [6.45, 7) is 8.76. The highest BCUT2D eigenvalue weighted by Crippen LogP contribution is 2.28. The highest BCUT2D eigenvalue weighted by molar-refractivity contribution is 14.1. The summed E-state index contributed by atoms with van der Waals surface area (Å²) < 4.78 is 64.0. The average Bonchev–Trinajstić information content (AvgIpc) is 0.801. The van der Waals surface area contributed by atoms with Crippen molar-refractivity contribution in [2.75, 3.05) is 52.1 Å².